The minimum Gasteiger partial charge on any atom is -0.491 e. The van der Waals surface area contributed by atoms with Gasteiger partial charge in [-0.25, -0.2) is 0 Å². The summed E-state index contributed by atoms with van der Waals surface area (Å²) in [5, 5.41) is 3.27. The summed E-state index contributed by atoms with van der Waals surface area (Å²) in [7, 11) is 0. The van der Waals surface area contributed by atoms with E-state index in [1.54, 1.807) is 0 Å². The molecule has 0 aromatic carbocycles. The highest BCUT2D eigenvalue weighted by Crippen LogP contribution is 1.99. The largest absolute Gasteiger partial charge is 0.491 e. The zero-order valence-electron chi connectivity index (χ0n) is 5.22. The van der Waals surface area contributed by atoms with Crippen LogP contribution in [-0.2, 0) is 4.74 Å². The van der Waals surface area contributed by atoms with Crippen LogP contribution < -0.4 is 5.84 Å². The van der Waals surface area contributed by atoms with Gasteiger partial charge in [-0.3, -0.25) is 0 Å². The smallest absolute Gasteiger partial charge is 0.189 e. The van der Waals surface area contributed by atoms with Gasteiger partial charge in [0.25, 0.3) is 0 Å². The second-order valence-corrected chi connectivity index (χ2v) is 1.63. The molecule has 0 aliphatic rings. The standard InChI is InChI=1S/C5H9ClN2O/c1-3-9-4(2)5(6)8-7/h2-3,7H2,1H3/b8-5-. The van der Waals surface area contributed by atoms with E-state index >= 15 is 0 Å². The molecule has 52 valence electrons. The van der Waals surface area contributed by atoms with Crippen LogP contribution >= 0.6 is 11.6 Å². The van der Waals surface area contributed by atoms with Gasteiger partial charge in [0.1, 0.15) is 0 Å². The number of rotatable bonds is 3. The van der Waals surface area contributed by atoms with E-state index < -0.39 is 0 Å². The van der Waals surface area contributed by atoms with Crippen LogP contribution in [0.1, 0.15) is 6.92 Å². The van der Waals surface area contributed by atoms with Crippen LogP contribution in [0, 0.1) is 0 Å². The van der Waals surface area contributed by atoms with E-state index in [2.05, 4.69) is 11.7 Å². The van der Waals surface area contributed by atoms with Crippen LogP contribution in [0.5, 0.6) is 0 Å². The lowest BCUT2D eigenvalue weighted by atomic mass is 10.6. The van der Waals surface area contributed by atoms with Crippen molar-refractivity contribution in [1.29, 1.82) is 0 Å². The zero-order chi connectivity index (χ0) is 7.28. The lowest BCUT2D eigenvalue weighted by Crippen LogP contribution is -2.00. The molecule has 0 aliphatic carbocycles. The summed E-state index contributed by atoms with van der Waals surface area (Å²) in [5.74, 6) is 5.13. The van der Waals surface area contributed by atoms with Crippen LogP contribution in [0.2, 0.25) is 0 Å². The SMILES string of the molecule is C=C(OCC)/C(Cl)=N/N. The van der Waals surface area contributed by atoms with E-state index in [1.807, 2.05) is 6.92 Å². The van der Waals surface area contributed by atoms with E-state index in [0.717, 1.165) is 0 Å². The summed E-state index contributed by atoms with van der Waals surface area (Å²) in [6.45, 7) is 5.79. The van der Waals surface area contributed by atoms with Gasteiger partial charge in [0.05, 0.1) is 6.61 Å². The molecule has 0 saturated carbocycles. The number of hydrogen-bond acceptors (Lipinski definition) is 3. The molecule has 0 rings (SSSR count). The molecule has 0 aliphatic heterocycles. The lowest BCUT2D eigenvalue weighted by molar-refractivity contribution is 0.252. The van der Waals surface area contributed by atoms with Crippen LogP contribution in [0.25, 0.3) is 0 Å². The zero-order valence-corrected chi connectivity index (χ0v) is 5.98. The second kappa shape index (κ2) is 4.21. The molecule has 3 nitrogen and oxygen atoms in total. The highest BCUT2D eigenvalue weighted by molar-refractivity contribution is 6.69. The van der Waals surface area contributed by atoms with Gasteiger partial charge in [0.2, 0.25) is 0 Å². The Labute approximate surface area is 59.1 Å². The summed E-state index contributed by atoms with van der Waals surface area (Å²) in [6, 6.07) is 0. The predicted octanol–water partition coefficient (Wildman–Crippen LogP) is 1.05. The predicted molar refractivity (Wildman–Crippen MR) is 38.2 cm³/mol. The van der Waals surface area contributed by atoms with Crippen LogP contribution in [-0.4, -0.2) is 11.8 Å². The van der Waals surface area contributed by atoms with Gasteiger partial charge >= 0.3 is 0 Å². The van der Waals surface area contributed by atoms with E-state index in [-0.39, 0.29) is 5.17 Å². The second-order valence-electron chi connectivity index (χ2n) is 1.28. The molecular weight excluding hydrogens is 140 g/mol. The maximum atomic E-state index is 5.39. The van der Waals surface area contributed by atoms with Crippen molar-refractivity contribution in [3.63, 3.8) is 0 Å². The fraction of sp³-hybridized carbons (Fsp3) is 0.400. The highest BCUT2D eigenvalue weighted by atomic mass is 35.5. The molecule has 0 spiro atoms. The Morgan fingerprint density at radius 3 is 2.78 bits per heavy atom. The summed E-state index contributed by atoms with van der Waals surface area (Å²) >= 11 is 5.39. The Hall–Kier alpha value is -0.700. The van der Waals surface area contributed by atoms with Crippen molar-refractivity contribution in [2.24, 2.45) is 10.9 Å². The van der Waals surface area contributed by atoms with Crippen LogP contribution in [0.15, 0.2) is 17.4 Å². The highest BCUT2D eigenvalue weighted by Gasteiger charge is 1.98. The first-order valence-electron chi connectivity index (χ1n) is 2.47. The number of allylic oxidation sites excluding steroid dienone is 1. The maximum absolute atomic E-state index is 5.39. The summed E-state index contributed by atoms with van der Waals surface area (Å²) in [5.41, 5.74) is 0. The van der Waals surface area contributed by atoms with Gasteiger partial charge < -0.3 is 10.6 Å². The molecule has 0 saturated heterocycles. The summed E-state index contributed by atoms with van der Waals surface area (Å²) in [6.07, 6.45) is 0. The Morgan fingerprint density at radius 2 is 2.44 bits per heavy atom. The first kappa shape index (κ1) is 8.30. The number of hydrogen-bond donors (Lipinski definition) is 1. The van der Waals surface area contributed by atoms with E-state index in [9.17, 15) is 0 Å². The van der Waals surface area contributed by atoms with E-state index in [0.29, 0.717) is 12.4 Å². The molecule has 0 unspecified atom stereocenters. The van der Waals surface area contributed by atoms with Crippen molar-refractivity contribution in [2.75, 3.05) is 6.61 Å². The average molecular weight is 149 g/mol. The first-order chi connectivity index (χ1) is 4.22. The minimum atomic E-state index is 0.108. The quantitative estimate of drug-likeness (QED) is 0.282. The maximum Gasteiger partial charge on any atom is 0.189 e. The molecule has 2 N–H and O–H groups in total. The van der Waals surface area contributed by atoms with Gasteiger partial charge in [-0.1, -0.05) is 18.2 Å². The number of nitrogens with two attached hydrogens (primary N) is 1. The van der Waals surface area contributed by atoms with Crippen molar-refractivity contribution in [3.8, 4) is 0 Å². The van der Waals surface area contributed by atoms with Crippen molar-refractivity contribution >= 4 is 16.8 Å². The van der Waals surface area contributed by atoms with Gasteiger partial charge in [-0.2, -0.15) is 5.10 Å². The van der Waals surface area contributed by atoms with Crippen LogP contribution in [0.4, 0.5) is 0 Å². The molecule has 0 amide bonds. The molecule has 4 heteroatoms. The third-order valence-electron chi connectivity index (χ3n) is 0.662. The topological polar surface area (TPSA) is 47.6 Å². The van der Waals surface area contributed by atoms with Gasteiger partial charge in [0, 0.05) is 0 Å². The minimum absolute atomic E-state index is 0.108. The molecule has 0 aromatic heterocycles. The third-order valence-corrected chi connectivity index (χ3v) is 0.970. The Balaban J connectivity index is 3.74. The number of hydrazone groups is 1. The Bertz CT molecular complexity index is 133. The molecular formula is C5H9ClN2O. The number of ether oxygens (including phenoxy) is 1. The molecule has 0 aromatic rings. The summed E-state index contributed by atoms with van der Waals surface area (Å²) in [4.78, 5) is 0. The first-order valence-corrected chi connectivity index (χ1v) is 2.85. The van der Waals surface area contributed by atoms with E-state index in [4.69, 9.17) is 22.2 Å². The van der Waals surface area contributed by atoms with Gasteiger partial charge in [0.15, 0.2) is 10.9 Å². The molecule has 0 atom stereocenters. The number of halogens is 1. The molecule has 0 bridgehead atoms. The number of nitrogens with zero attached hydrogens (tertiary/aromatic N) is 1. The van der Waals surface area contributed by atoms with Crippen molar-refractivity contribution in [2.45, 2.75) is 6.92 Å². The Kier molecular flexibility index (Phi) is 3.88. The third kappa shape index (κ3) is 2.98. The fourth-order valence-corrected chi connectivity index (χ4v) is 0.360. The van der Waals surface area contributed by atoms with E-state index in [1.165, 1.54) is 0 Å². The van der Waals surface area contributed by atoms with Crippen molar-refractivity contribution in [3.05, 3.63) is 12.3 Å². The lowest BCUT2D eigenvalue weighted by Gasteiger charge is -2.01. The Morgan fingerprint density at radius 1 is 1.89 bits per heavy atom. The molecule has 0 heterocycles. The molecule has 0 fully saturated rings. The van der Waals surface area contributed by atoms with Crippen molar-refractivity contribution in [1.82, 2.24) is 0 Å². The van der Waals surface area contributed by atoms with Crippen LogP contribution in [0.3, 0.4) is 0 Å². The normalized spacial score (nSPS) is 11.1. The average Bonchev–Trinajstić information content (AvgIpc) is 1.87. The summed E-state index contributed by atoms with van der Waals surface area (Å²) < 4.78 is 4.86. The fourth-order valence-electron chi connectivity index (χ4n) is 0.306. The van der Waals surface area contributed by atoms with Gasteiger partial charge in [-0.05, 0) is 6.92 Å². The molecule has 9 heavy (non-hydrogen) atoms. The molecule has 0 radical (unpaired) electrons. The van der Waals surface area contributed by atoms with Gasteiger partial charge in [-0.15, -0.1) is 0 Å². The monoisotopic (exact) mass is 148 g/mol. The van der Waals surface area contributed by atoms with Crippen molar-refractivity contribution < 1.29 is 4.74 Å².